The number of anilines is 1. The molecule has 0 aromatic heterocycles. The molecule has 18 heavy (non-hydrogen) atoms. The third-order valence-corrected chi connectivity index (χ3v) is 4.56. The van der Waals surface area contributed by atoms with Crippen LogP contribution < -0.4 is 10.6 Å². The number of hydrogen-bond acceptors (Lipinski definition) is 2. The van der Waals surface area contributed by atoms with Gasteiger partial charge in [-0.3, -0.25) is 4.79 Å². The summed E-state index contributed by atoms with van der Waals surface area (Å²) in [6.07, 6.45) is 2.81. The Bertz CT molecular complexity index is 428. The monoisotopic (exact) mass is 358 g/mol. The SMILES string of the molecule is Cc1ccc(NC(=O)CCC2CCNC2)cc1I. The smallest absolute Gasteiger partial charge is 0.224 e. The van der Waals surface area contributed by atoms with E-state index >= 15 is 0 Å². The van der Waals surface area contributed by atoms with Crippen LogP contribution >= 0.6 is 22.6 Å². The lowest BCUT2D eigenvalue weighted by Crippen LogP contribution is -2.15. The standard InChI is InChI=1S/C14H19IN2O/c1-10-2-4-12(8-13(10)15)17-14(18)5-3-11-6-7-16-9-11/h2,4,8,11,16H,3,5-7,9H2,1H3,(H,17,18). The Morgan fingerprint density at radius 1 is 1.56 bits per heavy atom. The van der Waals surface area contributed by atoms with Crippen LogP contribution in [-0.2, 0) is 4.79 Å². The van der Waals surface area contributed by atoms with Crippen molar-refractivity contribution in [2.75, 3.05) is 18.4 Å². The Morgan fingerprint density at radius 3 is 3.06 bits per heavy atom. The lowest BCUT2D eigenvalue weighted by Gasteiger charge is -2.09. The van der Waals surface area contributed by atoms with Gasteiger partial charge in [0.2, 0.25) is 5.91 Å². The first kappa shape index (κ1) is 13.8. The zero-order valence-corrected chi connectivity index (χ0v) is 12.8. The average Bonchev–Trinajstić information content (AvgIpc) is 2.84. The predicted molar refractivity (Wildman–Crippen MR) is 82.7 cm³/mol. The molecule has 1 aliphatic heterocycles. The fourth-order valence-electron chi connectivity index (χ4n) is 2.19. The Hall–Kier alpha value is -0.620. The van der Waals surface area contributed by atoms with E-state index in [1.165, 1.54) is 15.6 Å². The summed E-state index contributed by atoms with van der Waals surface area (Å²) in [5.41, 5.74) is 2.14. The van der Waals surface area contributed by atoms with Crippen molar-refractivity contribution in [3.8, 4) is 0 Å². The van der Waals surface area contributed by atoms with Gasteiger partial charge >= 0.3 is 0 Å². The van der Waals surface area contributed by atoms with Crippen molar-refractivity contribution in [2.45, 2.75) is 26.2 Å². The molecular weight excluding hydrogens is 339 g/mol. The highest BCUT2D eigenvalue weighted by Gasteiger charge is 2.15. The minimum atomic E-state index is 0.126. The van der Waals surface area contributed by atoms with Crippen LogP contribution in [0.5, 0.6) is 0 Å². The molecule has 0 saturated carbocycles. The molecule has 1 aliphatic rings. The molecule has 4 heteroatoms. The van der Waals surface area contributed by atoms with Gasteiger partial charge in [0, 0.05) is 15.7 Å². The molecule has 3 nitrogen and oxygen atoms in total. The highest BCUT2D eigenvalue weighted by atomic mass is 127. The van der Waals surface area contributed by atoms with Crippen LogP contribution in [0.15, 0.2) is 18.2 Å². The maximum Gasteiger partial charge on any atom is 0.224 e. The third-order valence-electron chi connectivity index (χ3n) is 3.40. The fraction of sp³-hybridized carbons (Fsp3) is 0.500. The van der Waals surface area contributed by atoms with Gasteiger partial charge in [-0.1, -0.05) is 6.07 Å². The summed E-state index contributed by atoms with van der Waals surface area (Å²) >= 11 is 2.29. The topological polar surface area (TPSA) is 41.1 Å². The molecule has 0 aliphatic carbocycles. The Morgan fingerprint density at radius 2 is 2.39 bits per heavy atom. The van der Waals surface area contributed by atoms with Crippen LogP contribution in [0.3, 0.4) is 0 Å². The van der Waals surface area contributed by atoms with Crippen molar-refractivity contribution in [1.29, 1.82) is 0 Å². The average molecular weight is 358 g/mol. The maximum absolute atomic E-state index is 11.8. The number of rotatable bonds is 4. The summed E-state index contributed by atoms with van der Waals surface area (Å²) in [6.45, 7) is 4.23. The van der Waals surface area contributed by atoms with Crippen LogP contribution in [0.2, 0.25) is 0 Å². The van der Waals surface area contributed by atoms with Gasteiger partial charge in [-0.25, -0.2) is 0 Å². The molecule has 2 rings (SSSR count). The van der Waals surface area contributed by atoms with Gasteiger partial charge in [-0.15, -0.1) is 0 Å². The van der Waals surface area contributed by atoms with Crippen molar-refractivity contribution in [3.05, 3.63) is 27.3 Å². The first-order chi connectivity index (χ1) is 8.65. The number of halogens is 1. The van der Waals surface area contributed by atoms with Crippen molar-refractivity contribution < 1.29 is 4.79 Å². The van der Waals surface area contributed by atoms with E-state index in [1.54, 1.807) is 0 Å². The second-order valence-electron chi connectivity index (χ2n) is 4.91. The Kier molecular flexibility index (Phi) is 5.00. The van der Waals surface area contributed by atoms with Gasteiger partial charge < -0.3 is 10.6 Å². The maximum atomic E-state index is 11.8. The third kappa shape index (κ3) is 3.95. The van der Waals surface area contributed by atoms with E-state index in [4.69, 9.17) is 0 Å². The van der Waals surface area contributed by atoms with E-state index in [1.807, 2.05) is 18.2 Å². The zero-order chi connectivity index (χ0) is 13.0. The van der Waals surface area contributed by atoms with Gasteiger partial charge in [0.15, 0.2) is 0 Å². The van der Waals surface area contributed by atoms with Gasteiger partial charge in [0.25, 0.3) is 0 Å². The Balaban J connectivity index is 1.80. The first-order valence-corrected chi connectivity index (χ1v) is 7.50. The molecule has 1 heterocycles. The van der Waals surface area contributed by atoms with Crippen molar-refractivity contribution in [3.63, 3.8) is 0 Å². The second-order valence-corrected chi connectivity index (χ2v) is 6.07. The summed E-state index contributed by atoms with van der Waals surface area (Å²) in [6, 6.07) is 6.02. The van der Waals surface area contributed by atoms with Crippen LogP contribution in [0.1, 0.15) is 24.8 Å². The largest absolute Gasteiger partial charge is 0.326 e. The van der Waals surface area contributed by atoms with Gasteiger partial charge in [0.1, 0.15) is 0 Å². The number of carbonyl (C=O) groups is 1. The summed E-state index contributed by atoms with van der Waals surface area (Å²) in [7, 11) is 0. The fourth-order valence-corrected chi connectivity index (χ4v) is 2.71. The Labute approximate surface area is 122 Å². The van der Waals surface area contributed by atoms with Crippen LogP contribution in [0.4, 0.5) is 5.69 Å². The molecule has 0 radical (unpaired) electrons. The number of aryl methyl sites for hydroxylation is 1. The molecule has 0 bridgehead atoms. The van der Waals surface area contributed by atoms with Crippen molar-refractivity contribution in [1.82, 2.24) is 5.32 Å². The quantitative estimate of drug-likeness (QED) is 0.813. The van der Waals surface area contributed by atoms with E-state index < -0.39 is 0 Å². The summed E-state index contributed by atoms with van der Waals surface area (Å²) < 4.78 is 1.19. The van der Waals surface area contributed by atoms with Crippen molar-refractivity contribution in [2.24, 2.45) is 5.92 Å². The molecule has 2 N–H and O–H groups in total. The first-order valence-electron chi connectivity index (χ1n) is 6.42. The molecule has 1 unspecified atom stereocenters. The minimum absolute atomic E-state index is 0.126. The summed E-state index contributed by atoms with van der Waals surface area (Å²) in [4.78, 5) is 11.8. The molecule has 1 amide bonds. The van der Waals surface area contributed by atoms with E-state index in [-0.39, 0.29) is 5.91 Å². The van der Waals surface area contributed by atoms with E-state index in [2.05, 4.69) is 40.1 Å². The van der Waals surface area contributed by atoms with Crippen LogP contribution in [0.25, 0.3) is 0 Å². The summed E-state index contributed by atoms with van der Waals surface area (Å²) in [5, 5.41) is 6.30. The molecular formula is C14H19IN2O. The number of hydrogen-bond donors (Lipinski definition) is 2. The second kappa shape index (κ2) is 6.52. The molecule has 1 aromatic rings. The van der Waals surface area contributed by atoms with E-state index in [0.717, 1.165) is 25.2 Å². The lowest BCUT2D eigenvalue weighted by atomic mass is 10.0. The number of benzene rings is 1. The molecule has 1 aromatic carbocycles. The molecule has 0 spiro atoms. The van der Waals surface area contributed by atoms with Crippen LogP contribution in [0, 0.1) is 16.4 Å². The van der Waals surface area contributed by atoms with E-state index in [0.29, 0.717) is 12.3 Å². The zero-order valence-electron chi connectivity index (χ0n) is 10.6. The highest BCUT2D eigenvalue weighted by molar-refractivity contribution is 14.1. The molecule has 1 atom stereocenters. The van der Waals surface area contributed by atoms with Gasteiger partial charge in [-0.05, 0) is 79.1 Å². The number of amides is 1. The highest BCUT2D eigenvalue weighted by Crippen LogP contribution is 2.18. The number of carbonyl (C=O) groups excluding carboxylic acids is 1. The summed E-state index contributed by atoms with van der Waals surface area (Å²) in [5.74, 6) is 0.801. The van der Waals surface area contributed by atoms with Gasteiger partial charge in [-0.2, -0.15) is 0 Å². The van der Waals surface area contributed by atoms with Crippen LogP contribution in [-0.4, -0.2) is 19.0 Å². The van der Waals surface area contributed by atoms with Gasteiger partial charge in [0.05, 0.1) is 0 Å². The molecule has 98 valence electrons. The molecule has 1 saturated heterocycles. The predicted octanol–water partition coefficient (Wildman–Crippen LogP) is 2.93. The van der Waals surface area contributed by atoms with Crippen molar-refractivity contribution >= 4 is 34.2 Å². The normalized spacial score (nSPS) is 18.9. The van der Waals surface area contributed by atoms with E-state index in [9.17, 15) is 4.79 Å². The number of nitrogens with one attached hydrogen (secondary N) is 2. The molecule has 1 fully saturated rings. The minimum Gasteiger partial charge on any atom is -0.326 e. The lowest BCUT2D eigenvalue weighted by molar-refractivity contribution is -0.116.